The quantitative estimate of drug-likeness (QED) is 0.896. The van der Waals surface area contributed by atoms with Crippen molar-refractivity contribution in [1.29, 1.82) is 0 Å². The third-order valence-electron chi connectivity index (χ3n) is 6.77. The SMILES string of the molecule is Cc1ccc(NC(=O)[C@]23CC[C@@](C)(C(=O)C2)C3(C)C)c(C)c1. The Hall–Kier alpha value is -1.64. The smallest absolute Gasteiger partial charge is 0.231 e. The third kappa shape index (κ3) is 1.68. The fourth-order valence-electron chi connectivity index (χ4n) is 4.56. The van der Waals surface area contributed by atoms with Crippen molar-refractivity contribution in [3.8, 4) is 0 Å². The number of amides is 1. The van der Waals surface area contributed by atoms with Gasteiger partial charge in [-0.1, -0.05) is 38.5 Å². The number of aryl methyl sites for hydroxylation is 2. The largest absolute Gasteiger partial charge is 0.325 e. The average Bonchev–Trinajstić information content (AvgIpc) is 2.72. The number of Topliss-reactive ketones (excluding diaryl/α,β-unsaturated/α-hetero) is 1. The van der Waals surface area contributed by atoms with E-state index in [2.05, 4.69) is 25.2 Å². The van der Waals surface area contributed by atoms with Gasteiger partial charge < -0.3 is 5.32 Å². The van der Waals surface area contributed by atoms with Gasteiger partial charge in [-0.05, 0) is 43.7 Å². The molecule has 2 bridgehead atoms. The molecule has 2 aliphatic rings. The summed E-state index contributed by atoms with van der Waals surface area (Å²) in [6, 6.07) is 6.03. The van der Waals surface area contributed by atoms with Gasteiger partial charge in [0.1, 0.15) is 5.78 Å². The van der Waals surface area contributed by atoms with Gasteiger partial charge in [0, 0.05) is 17.5 Å². The molecule has 0 saturated heterocycles. The van der Waals surface area contributed by atoms with Crippen LogP contribution in [0.5, 0.6) is 0 Å². The fraction of sp³-hybridized carbons (Fsp3) is 0.579. The second-order valence-corrected chi connectivity index (χ2v) is 7.91. The number of rotatable bonds is 2. The molecule has 2 atom stereocenters. The molecule has 1 amide bonds. The second kappa shape index (κ2) is 4.43. The zero-order valence-corrected chi connectivity index (χ0v) is 14.2. The molecule has 0 unspecified atom stereocenters. The molecule has 3 rings (SSSR count). The lowest BCUT2D eigenvalue weighted by Gasteiger charge is -2.38. The number of nitrogens with one attached hydrogen (secondary N) is 1. The zero-order chi connectivity index (χ0) is 16.3. The van der Waals surface area contributed by atoms with E-state index in [0.717, 1.165) is 24.1 Å². The topological polar surface area (TPSA) is 46.2 Å². The van der Waals surface area contributed by atoms with Crippen molar-refractivity contribution >= 4 is 17.4 Å². The van der Waals surface area contributed by atoms with Gasteiger partial charge in [0.15, 0.2) is 0 Å². The van der Waals surface area contributed by atoms with Crippen LogP contribution < -0.4 is 5.32 Å². The fourth-order valence-corrected chi connectivity index (χ4v) is 4.56. The average molecular weight is 299 g/mol. The lowest BCUT2D eigenvalue weighted by molar-refractivity contribution is -0.131. The summed E-state index contributed by atoms with van der Waals surface area (Å²) in [7, 11) is 0. The summed E-state index contributed by atoms with van der Waals surface area (Å²) >= 11 is 0. The van der Waals surface area contributed by atoms with Crippen LogP contribution in [0.3, 0.4) is 0 Å². The molecule has 2 fully saturated rings. The van der Waals surface area contributed by atoms with Crippen LogP contribution in [0.1, 0.15) is 51.2 Å². The minimum Gasteiger partial charge on any atom is -0.325 e. The number of carbonyl (C=O) groups excluding carboxylic acids is 2. The monoisotopic (exact) mass is 299 g/mol. The number of anilines is 1. The molecule has 2 aliphatic carbocycles. The van der Waals surface area contributed by atoms with E-state index in [1.807, 2.05) is 32.9 Å². The Balaban J connectivity index is 1.94. The van der Waals surface area contributed by atoms with Crippen LogP contribution in [-0.2, 0) is 9.59 Å². The summed E-state index contributed by atoms with van der Waals surface area (Å²) in [6.45, 7) is 10.3. The van der Waals surface area contributed by atoms with Gasteiger partial charge in [0.25, 0.3) is 0 Å². The van der Waals surface area contributed by atoms with Gasteiger partial charge in [0.05, 0.1) is 5.41 Å². The summed E-state index contributed by atoms with van der Waals surface area (Å²) in [5.41, 5.74) is 1.89. The highest BCUT2D eigenvalue weighted by Gasteiger charge is 2.72. The van der Waals surface area contributed by atoms with E-state index in [1.165, 1.54) is 5.56 Å². The Morgan fingerprint density at radius 2 is 1.82 bits per heavy atom. The maximum absolute atomic E-state index is 13.1. The first-order chi connectivity index (χ1) is 10.1. The molecule has 1 aromatic rings. The van der Waals surface area contributed by atoms with Crippen LogP contribution in [0.4, 0.5) is 5.69 Å². The van der Waals surface area contributed by atoms with E-state index in [-0.39, 0.29) is 22.5 Å². The molecule has 2 saturated carbocycles. The lowest BCUT2D eigenvalue weighted by Crippen LogP contribution is -2.43. The van der Waals surface area contributed by atoms with Crippen LogP contribution in [-0.4, -0.2) is 11.7 Å². The highest BCUT2D eigenvalue weighted by molar-refractivity contribution is 6.04. The molecule has 1 N–H and O–H groups in total. The van der Waals surface area contributed by atoms with Crippen molar-refractivity contribution in [3.63, 3.8) is 0 Å². The lowest BCUT2D eigenvalue weighted by atomic mass is 9.64. The summed E-state index contributed by atoms with van der Waals surface area (Å²) in [5.74, 6) is 0.263. The number of hydrogen-bond acceptors (Lipinski definition) is 2. The van der Waals surface area contributed by atoms with Crippen molar-refractivity contribution in [1.82, 2.24) is 0 Å². The van der Waals surface area contributed by atoms with Crippen LogP contribution in [0.25, 0.3) is 0 Å². The van der Waals surface area contributed by atoms with Crippen LogP contribution in [0.2, 0.25) is 0 Å². The van der Waals surface area contributed by atoms with E-state index < -0.39 is 5.41 Å². The minimum absolute atomic E-state index is 0.0130. The van der Waals surface area contributed by atoms with Gasteiger partial charge in [-0.2, -0.15) is 0 Å². The third-order valence-corrected chi connectivity index (χ3v) is 6.77. The van der Waals surface area contributed by atoms with Crippen molar-refractivity contribution < 1.29 is 9.59 Å². The Kier molecular flexibility index (Phi) is 3.08. The van der Waals surface area contributed by atoms with E-state index in [9.17, 15) is 9.59 Å². The van der Waals surface area contributed by atoms with Gasteiger partial charge in [-0.25, -0.2) is 0 Å². The molecule has 3 nitrogen and oxygen atoms in total. The molecule has 0 spiro atoms. The normalized spacial score (nSPS) is 32.3. The highest BCUT2D eigenvalue weighted by Crippen LogP contribution is 2.70. The van der Waals surface area contributed by atoms with Gasteiger partial charge in [-0.3, -0.25) is 9.59 Å². The Morgan fingerprint density at radius 3 is 2.32 bits per heavy atom. The highest BCUT2D eigenvalue weighted by atomic mass is 16.2. The van der Waals surface area contributed by atoms with Crippen LogP contribution in [0.15, 0.2) is 18.2 Å². The first-order valence-electron chi connectivity index (χ1n) is 8.06. The summed E-state index contributed by atoms with van der Waals surface area (Å²) < 4.78 is 0. The summed E-state index contributed by atoms with van der Waals surface area (Å²) in [5, 5.41) is 3.10. The number of carbonyl (C=O) groups is 2. The molecular formula is C19H25NO2. The Morgan fingerprint density at radius 1 is 1.14 bits per heavy atom. The molecule has 0 heterocycles. The first kappa shape index (κ1) is 15.3. The molecule has 118 valence electrons. The van der Waals surface area contributed by atoms with Crippen molar-refractivity contribution in [2.45, 2.75) is 53.9 Å². The summed E-state index contributed by atoms with van der Waals surface area (Å²) in [4.78, 5) is 25.5. The second-order valence-electron chi connectivity index (χ2n) is 7.91. The number of fused-ring (bicyclic) bond motifs is 2. The van der Waals surface area contributed by atoms with E-state index >= 15 is 0 Å². The minimum atomic E-state index is -0.559. The summed E-state index contributed by atoms with van der Waals surface area (Å²) in [6.07, 6.45) is 2.01. The van der Waals surface area contributed by atoms with Gasteiger partial charge >= 0.3 is 0 Å². The van der Waals surface area contributed by atoms with E-state index in [4.69, 9.17) is 0 Å². The van der Waals surface area contributed by atoms with E-state index in [0.29, 0.717) is 6.42 Å². The van der Waals surface area contributed by atoms with Crippen molar-refractivity contribution in [2.24, 2.45) is 16.2 Å². The predicted molar refractivity (Wildman–Crippen MR) is 87.7 cm³/mol. The molecule has 0 aromatic heterocycles. The first-order valence-corrected chi connectivity index (χ1v) is 8.06. The number of benzene rings is 1. The maximum atomic E-state index is 13.1. The van der Waals surface area contributed by atoms with Gasteiger partial charge in [0.2, 0.25) is 5.91 Å². The molecule has 0 aliphatic heterocycles. The molecule has 0 radical (unpaired) electrons. The van der Waals surface area contributed by atoms with Crippen molar-refractivity contribution in [3.05, 3.63) is 29.3 Å². The predicted octanol–water partition coefficient (Wildman–Crippen LogP) is 4.03. The standard InChI is InChI=1S/C19H25NO2/c1-12-6-7-14(13(2)10-12)20-16(22)19-9-8-18(5,15(21)11-19)17(19,3)4/h6-7,10H,8-9,11H2,1-5H3,(H,20,22)/t18-,19-/m0/s1. The molecule has 3 heteroatoms. The Labute approximate surface area is 132 Å². The molecule has 22 heavy (non-hydrogen) atoms. The van der Waals surface area contributed by atoms with Crippen LogP contribution in [0, 0.1) is 30.1 Å². The maximum Gasteiger partial charge on any atom is 0.231 e. The number of hydrogen-bond donors (Lipinski definition) is 1. The van der Waals surface area contributed by atoms with Crippen LogP contribution >= 0.6 is 0 Å². The zero-order valence-electron chi connectivity index (χ0n) is 14.2. The van der Waals surface area contributed by atoms with Gasteiger partial charge in [-0.15, -0.1) is 0 Å². The molecular weight excluding hydrogens is 274 g/mol. The number of ketones is 1. The molecule has 1 aromatic carbocycles. The Bertz CT molecular complexity index is 676. The van der Waals surface area contributed by atoms with Crippen molar-refractivity contribution in [2.75, 3.05) is 5.32 Å². The van der Waals surface area contributed by atoms with E-state index in [1.54, 1.807) is 0 Å².